The molecule has 0 aromatic carbocycles. The maximum absolute atomic E-state index is 12.0. The van der Waals surface area contributed by atoms with Crippen LogP contribution in [0, 0.1) is 0 Å². The van der Waals surface area contributed by atoms with Gasteiger partial charge in [-0.2, -0.15) is 0 Å². The van der Waals surface area contributed by atoms with E-state index in [1.54, 1.807) is 7.05 Å². The van der Waals surface area contributed by atoms with E-state index in [4.69, 9.17) is 0 Å². The molecule has 0 saturated carbocycles. The van der Waals surface area contributed by atoms with Crippen LogP contribution >= 0.6 is 27.3 Å². The summed E-state index contributed by atoms with van der Waals surface area (Å²) in [6.07, 6.45) is 2.54. The third-order valence-corrected chi connectivity index (χ3v) is 5.21. The molecule has 2 rings (SSSR count). The Kier molecular flexibility index (Phi) is 4.50. The summed E-state index contributed by atoms with van der Waals surface area (Å²) in [6.45, 7) is 0.242. The predicted octanol–water partition coefficient (Wildman–Crippen LogP) is 1.82. The van der Waals surface area contributed by atoms with Gasteiger partial charge in [-0.25, -0.2) is 23.1 Å². The van der Waals surface area contributed by atoms with Crippen LogP contribution in [0.5, 0.6) is 0 Å². The lowest BCUT2D eigenvalue weighted by Crippen LogP contribution is -2.23. The molecule has 102 valence electrons. The van der Waals surface area contributed by atoms with Crippen molar-refractivity contribution in [2.75, 3.05) is 12.4 Å². The van der Waals surface area contributed by atoms with E-state index in [1.165, 1.54) is 23.7 Å². The number of halogens is 1. The second-order valence-corrected chi connectivity index (χ2v) is 7.84. The van der Waals surface area contributed by atoms with Crippen molar-refractivity contribution in [2.24, 2.45) is 0 Å². The molecule has 6 nitrogen and oxygen atoms in total. The fourth-order valence-corrected chi connectivity index (χ4v) is 3.69. The van der Waals surface area contributed by atoms with E-state index in [0.717, 1.165) is 8.66 Å². The van der Waals surface area contributed by atoms with Crippen LogP contribution in [0.15, 0.2) is 33.2 Å². The van der Waals surface area contributed by atoms with Gasteiger partial charge in [0.1, 0.15) is 4.90 Å². The minimum Gasteiger partial charge on any atom is -0.357 e. The highest BCUT2D eigenvalue weighted by molar-refractivity contribution is 9.11. The Morgan fingerprint density at radius 2 is 2.00 bits per heavy atom. The fourth-order valence-electron chi connectivity index (χ4n) is 1.28. The summed E-state index contributed by atoms with van der Waals surface area (Å²) in [4.78, 5) is 8.72. The summed E-state index contributed by atoms with van der Waals surface area (Å²) in [6, 6.07) is 3.73. The smallest absolute Gasteiger partial charge is 0.243 e. The summed E-state index contributed by atoms with van der Waals surface area (Å²) in [5.74, 6) is 0.376. The van der Waals surface area contributed by atoms with Crippen LogP contribution in [0.4, 0.5) is 5.95 Å². The van der Waals surface area contributed by atoms with Crippen LogP contribution in [-0.2, 0) is 16.6 Å². The first-order valence-corrected chi connectivity index (χ1v) is 8.34. The molecule has 2 N–H and O–H groups in total. The molecule has 2 aromatic rings. The lowest BCUT2D eigenvalue weighted by molar-refractivity contribution is 0.581. The van der Waals surface area contributed by atoms with Gasteiger partial charge in [-0.3, -0.25) is 0 Å². The van der Waals surface area contributed by atoms with Crippen molar-refractivity contribution in [2.45, 2.75) is 11.4 Å². The summed E-state index contributed by atoms with van der Waals surface area (Å²) in [5.41, 5.74) is 0. The van der Waals surface area contributed by atoms with E-state index in [0.29, 0.717) is 5.95 Å². The van der Waals surface area contributed by atoms with Crippen molar-refractivity contribution in [1.82, 2.24) is 14.7 Å². The average molecular weight is 363 g/mol. The Bertz CT molecular complexity index is 654. The highest BCUT2D eigenvalue weighted by Gasteiger charge is 2.15. The Hall–Kier alpha value is -1.03. The van der Waals surface area contributed by atoms with Gasteiger partial charge in [0.25, 0.3) is 0 Å². The predicted molar refractivity (Wildman–Crippen MR) is 77.6 cm³/mol. The van der Waals surface area contributed by atoms with Crippen LogP contribution in [0.3, 0.4) is 0 Å². The van der Waals surface area contributed by atoms with Crippen molar-refractivity contribution in [3.05, 3.63) is 33.2 Å². The molecule has 0 aliphatic heterocycles. The van der Waals surface area contributed by atoms with Gasteiger partial charge in [0.15, 0.2) is 0 Å². The number of rotatable bonds is 5. The van der Waals surface area contributed by atoms with Gasteiger partial charge in [-0.05, 0) is 28.1 Å². The molecule has 19 heavy (non-hydrogen) atoms. The van der Waals surface area contributed by atoms with E-state index in [1.807, 2.05) is 12.1 Å². The summed E-state index contributed by atoms with van der Waals surface area (Å²) in [7, 11) is -1.92. The number of aromatic nitrogens is 2. The molecule has 0 saturated heterocycles. The molecule has 9 heteroatoms. The van der Waals surface area contributed by atoms with Crippen LogP contribution in [0.2, 0.25) is 0 Å². The van der Waals surface area contributed by atoms with E-state index in [-0.39, 0.29) is 11.4 Å². The first kappa shape index (κ1) is 14.4. The van der Waals surface area contributed by atoms with Gasteiger partial charge in [-0.15, -0.1) is 11.3 Å². The van der Waals surface area contributed by atoms with E-state index in [2.05, 4.69) is 35.9 Å². The molecular formula is C10H11BrN4O2S2. The zero-order valence-electron chi connectivity index (χ0n) is 9.92. The molecule has 0 atom stereocenters. The Morgan fingerprint density at radius 3 is 2.53 bits per heavy atom. The van der Waals surface area contributed by atoms with Crippen LogP contribution < -0.4 is 10.0 Å². The molecule has 0 aliphatic carbocycles. The highest BCUT2D eigenvalue weighted by atomic mass is 79.9. The average Bonchev–Trinajstić information content (AvgIpc) is 2.82. The lowest BCUT2D eigenvalue weighted by atomic mass is 10.5. The molecule has 0 radical (unpaired) electrons. The second kappa shape index (κ2) is 5.95. The first-order chi connectivity index (χ1) is 9.01. The summed E-state index contributed by atoms with van der Waals surface area (Å²) >= 11 is 4.81. The lowest BCUT2D eigenvalue weighted by Gasteiger charge is -2.05. The molecule has 2 aromatic heterocycles. The number of anilines is 1. The SMILES string of the molecule is CNc1ncc(S(=O)(=O)NCc2ccc(Br)s2)cn1. The molecule has 0 aliphatic rings. The summed E-state index contributed by atoms with van der Waals surface area (Å²) < 4.78 is 27.5. The molecule has 0 bridgehead atoms. The maximum Gasteiger partial charge on any atom is 0.243 e. The number of thiophene rings is 1. The van der Waals surface area contributed by atoms with E-state index >= 15 is 0 Å². The zero-order valence-corrected chi connectivity index (χ0v) is 13.1. The normalized spacial score (nSPS) is 11.5. The van der Waals surface area contributed by atoms with Gasteiger partial charge < -0.3 is 5.32 Å². The van der Waals surface area contributed by atoms with Crippen LogP contribution in [-0.4, -0.2) is 25.4 Å². The molecule has 0 spiro atoms. The summed E-state index contributed by atoms with van der Waals surface area (Å²) in [5, 5.41) is 2.73. The Balaban J connectivity index is 2.09. The van der Waals surface area contributed by atoms with E-state index in [9.17, 15) is 8.42 Å². The van der Waals surface area contributed by atoms with Gasteiger partial charge in [0.05, 0.1) is 16.2 Å². The fraction of sp³-hybridized carbons (Fsp3) is 0.200. The minimum absolute atomic E-state index is 0.0436. The Labute approximate surface area is 123 Å². The standard InChI is InChI=1S/C10H11BrN4O2S2/c1-12-10-13-5-8(6-14-10)19(16,17)15-4-7-2-3-9(11)18-7/h2-3,5-6,15H,4H2,1H3,(H,12,13,14). The third kappa shape index (κ3) is 3.72. The van der Waals surface area contributed by atoms with Crippen molar-refractivity contribution in [1.29, 1.82) is 0 Å². The largest absolute Gasteiger partial charge is 0.357 e. The van der Waals surface area contributed by atoms with Gasteiger partial charge in [-0.1, -0.05) is 0 Å². The number of nitrogens with one attached hydrogen (secondary N) is 2. The molecule has 0 amide bonds. The van der Waals surface area contributed by atoms with Crippen molar-refractivity contribution >= 4 is 43.2 Å². The van der Waals surface area contributed by atoms with Crippen molar-refractivity contribution in [3.63, 3.8) is 0 Å². The number of sulfonamides is 1. The van der Waals surface area contributed by atoms with Gasteiger partial charge >= 0.3 is 0 Å². The first-order valence-electron chi connectivity index (χ1n) is 5.25. The molecule has 2 heterocycles. The second-order valence-electron chi connectivity index (χ2n) is 3.52. The maximum atomic E-state index is 12.0. The van der Waals surface area contributed by atoms with Gasteiger partial charge in [0.2, 0.25) is 16.0 Å². The van der Waals surface area contributed by atoms with Crippen LogP contribution in [0.1, 0.15) is 4.88 Å². The monoisotopic (exact) mass is 362 g/mol. The molecule has 0 fully saturated rings. The number of nitrogens with zero attached hydrogens (tertiary/aromatic N) is 2. The third-order valence-electron chi connectivity index (χ3n) is 2.23. The quantitative estimate of drug-likeness (QED) is 0.847. The highest BCUT2D eigenvalue weighted by Crippen LogP contribution is 2.22. The minimum atomic E-state index is -3.59. The number of hydrogen-bond donors (Lipinski definition) is 2. The van der Waals surface area contributed by atoms with Crippen molar-refractivity contribution < 1.29 is 8.42 Å². The molecule has 0 unspecified atom stereocenters. The Morgan fingerprint density at radius 1 is 1.32 bits per heavy atom. The number of hydrogen-bond acceptors (Lipinski definition) is 6. The molecular weight excluding hydrogens is 352 g/mol. The van der Waals surface area contributed by atoms with Gasteiger partial charge in [0, 0.05) is 18.5 Å². The van der Waals surface area contributed by atoms with Crippen LogP contribution in [0.25, 0.3) is 0 Å². The van der Waals surface area contributed by atoms with Crippen molar-refractivity contribution in [3.8, 4) is 0 Å². The van der Waals surface area contributed by atoms with E-state index < -0.39 is 10.0 Å². The topological polar surface area (TPSA) is 84.0 Å². The zero-order chi connectivity index (χ0) is 13.9.